The number of hydrogen-bond donors (Lipinski definition) is 1. The van der Waals surface area contributed by atoms with Gasteiger partial charge in [-0.1, -0.05) is 12.1 Å². The summed E-state index contributed by atoms with van der Waals surface area (Å²) in [5.41, 5.74) is 1.32. The lowest BCUT2D eigenvalue weighted by atomic mass is 10.2. The highest BCUT2D eigenvalue weighted by atomic mass is 19.3. The molecule has 148 valence electrons. The second-order valence-electron chi connectivity index (χ2n) is 5.89. The molecule has 0 aliphatic rings. The van der Waals surface area contributed by atoms with E-state index in [0.717, 1.165) is 5.52 Å². The van der Waals surface area contributed by atoms with E-state index in [-0.39, 0.29) is 29.4 Å². The van der Waals surface area contributed by atoms with Crippen molar-refractivity contribution >= 4 is 22.6 Å². The molecule has 28 heavy (non-hydrogen) atoms. The molecular weight excluding hydrogens is 372 g/mol. The SMILES string of the molecule is CCn1c(=O)n(CC(=O)Nc2ccc(OC)c(OC(F)F)c2)c2ccccc21. The molecule has 1 N–H and O–H groups in total. The lowest BCUT2D eigenvalue weighted by Crippen LogP contribution is -2.29. The lowest BCUT2D eigenvalue weighted by molar-refractivity contribution is -0.116. The van der Waals surface area contributed by atoms with Gasteiger partial charge in [0.2, 0.25) is 5.91 Å². The van der Waals surface area contributed by atoms with Gasteiger partial charge in [0.15, 0.2) is 11.5 Å². The van der Waals surface area contributed by atoms with Crippen LogP contribution in [0.1, 0.15) is 6.92 Å². The molecule has 1 aromatic heterocycles. The second kappa shape index (κ2) is 8.12. The van der Waals surface area contributed by atoms with E-state index < -0.39 is 12.5 Å². The highest BCUT2D eigenvalue weighted by Crippen LogP contribution is 2.31. The first-order chi connectivity index (χ1) is 13.4. The number of para-hydroxylation sites is 2. The number of aromatic nitrogens is 2. The second-order valence-corrected chi connectivity index (χ2v) is 5.89. The zero-order chi connectivity index (χ0) is 20.3. The van der Waals surface area contributed by atoms with Gasteiger partial charge >= 0.3 is 12.3 Å². The van der Waals surface area contributed by atoms with Crippen molar-refractivity contribution in [3.05, 3.63) is 52.9 Å². The van der Waals surface area contributed by atoms with Gasteiger partial charge in [0, 0.05) is 18.3 Å². The number of nitrogens with one attached hydrogen (secondary N) is 1. The molecular formula is C19H19F2N3O4. The predicted molar refractivity (Wildman–Crippen MR) is 100 cm³/mol. The van der Waals surface area contributed by atoms with Crippen LogP contribution in [0.25, 0.3) is 11.0 Å². The fraction of sp³-hybridized carbons (Fsp3) is 0.263. The number of nitrogens with zero attached hydrogens (tertiary/aromatic N) is 2. The normalized spacial score (nSPS) is 11.0. The van der Waals surface area contributed by atoms with Gasteiger partial charge in [-0.15, -0.1) is 0 Å². The lowest BCUT2D eigenvalue weighted by Gasteiger charge is -2.12. The van der Waals surface area contributed by atoms with Gasteiger partial charge in [-0.2, -0.15) is 8.78 Å². The summed E-state index contributed by atoms with van der Waals surface area (Å²) in [6, 6.07) is 11.3. The molecule has 0 saturated heterocycles. The van der Waals surface area contributed by atoms with Crippen molar-refractivity contribution in [3.63, 3.8) is 0 Å². The van der Waals surface area contributed by atoms with Gasteiger partial charge in [-0.05, 0) is 31.2 Å². The summed E-state index contributed by atoms with van der Waals surface area (Å²) in [6.45, 7) is -0.928. The minimum absolute atomic E-state index is 0.112. The number of hydrogen-bond acceptors (Lipinski definition) is 4. The number of alkyl halides is 2. The third kappa shape index (κ3) is 3.83. The molecule has 3 aromatic rings. The largest absolute Gasteiger partial charge is 0.493 e. The quantitative estimate of drug-likeness (QED) is 0.672. The molecule has 0 bridgehead atoms. The molecule has 0 unspecified atom stereocenters. The Morgan fingerprint density at radius 2 is 1.79 bits per heavy atom. The van der Waals surface area contributed by atoms with E-state index >= 15 is 0 Å². The van der Waals surface area contributed by atoms with Crippen LogP contribution < -0.4 is 20.5 Å². The van der Waals surface area contributed by atoms with Gasteiger partial charge in [-0.25, -0.2) is 4.79 Å². The molecule has 0 spiro atoms. The number of amides is 1. The Morgan fingerprint density at radius 1 is 1.11 bits per heavy atom. The van der Waals surface area contributed by atoms with Crippen LogP contribution >= 0.6 is 0 Å². The summed E-state index contributed by atoms with van der Waals surface area (Å²) in [6.07, 6.45) is 0. The maximum Gasteiger partial charge on any atom is 0.387 e. The Bertz CT molecular complexity index is 1060. The molecule has 0 aliphatic carbocycles. The molecule has 1 heterocycles. The third-order valence-electron chi connectivity index (χ3n) is 4.21. The van der Waals surface area contributed by atoms with Crippen LogP contribution in [0.4, 0.5) is 14.5 Å². The van der Waals surface area contributed by atoms with Crippen LogP contribution in [0.5, 0.6) is 11.5 Å². The van der Waals surface area contributed by atoms with Crippen molar-refractivity contribution in [2.45, 2.75) is 26.6 Å². The summed E-state index contributed by atoms with van der Waals surface area (Å²) in [4.78, 5) is 25.1. The van der Waals surface area contributed by atoms with Crippen LogP contribution in [-0.2, 0) is 17.9 Å². The van der Waals surface area contributed by atoms with Gasteiger partial charge < -0.3 is 14.8 Å². The van der Waals surface area contributed by atoms with Gasteiger partial charge in [-0.3, -0.25) is 13.9 Å². The van der Waals surface area contributed by atoms with E-state index in [0.29, 0.717) is 12.1 Å². The molecule has 0 fully saturated rings. The molecule has 3 rings (SSSR count). The summed E-state index contributed by atoms with van der Waals surface area (Å²) >= 11 is 0. The van der Waals surface area contributed by atoms with Crippen molar-refractivity contribution < 1.29 is 23.0 Å². The zero-order valence-corrected chi connectivity index (χ0v) is 15.3. The standard InChI is InChI=1S/C19H19F2N3O4/c1-3-23-13-6-4-5-7-14(13)24(19(23)26)11-17(25)22-12-8-9-15(27-2)16(10-12)28-18(20)21/h4-10,18H,3,11H2,1-2H3,(H,22,25). The van der Waals surface area contributed by atoms with Crippen molar-refractivity contribution in [2.24, 2.45) is 0 Å². The topological polar surface area (TPSA) is 74.5 Å². The van der Waals surface area contributed by atoms with Crippen molar-refractivity contribution in [1.82, 2.24) is 9.13 Å². The number of rotatable bonds is 7. The number of halogens is 2. The minimum Gasteiger partial charge on any atom is -0.493 e. The number of ether oxygens (including phenoxy) is 2. The Labute approximate surface area is 159 Å². The predicted octanol–water partition coefficient (Wildman–Crippen LogP) is 3.07. The molecule has 0 radical (unpaired) electrons. The number of aryl methyl sites for hydroxylation is 1. The van der Waals surface area contributed by atoms with Gasteiger partial charge in [0.25, 0.3) is 0 Å². The summed E-state index contributed by atoms with van der Waals surface area (Å²) < 4.78 is 37.4. The molecule has 0 atom stereocenters. The molecule has 7 nitrogen and oxygen atoms in total. The van der Waals surface area contributed by atoms with Crippen LogP contribution in [0, 0.1) is 0 Å². The number of carbonyl (C=O) groups is 1. The molecule has 0 aliphatic heterocycles. The zero-order valence-electron chi connectivity index (χ0n) is 15.3. The summed E-state index contributed by atoms with van der Waals surface area (Å²) in [5, 5.41) is 2.59. The van der Waals surface area contributed by atoms with E-state index in [9.17, 15) is 18.4 Å². The number of anilines is 1. The van der Waals surface area contributed by atoms with Crippen molar-refractivity contribution in [1.29, 1.82) is 0 Å². The number of carbonyl (C=O) groups excluding carboxylic acids is 1. The van der Waals surface area contributed by atoms with Crippen molar-refractivity contribution in [3.8, 4) is 11.5 Å². The van der Waals surface area contributed by atoms with E-state index in [2.05, 4.69) is 10.1 Å². The Hall–Kier alpha value is -3.36. The average Bonchev–Trinajstić information content (AvgIpc) is 2.93. The first-order valence-electron chi connectivity index (χ1n) is 8.55. The third-order valence-corrected chi connectivity index (χ3v) is 4.21. The number of methoxy groups -OCH3 is 1. The smallest absolute Gasteiger partial charge is 0.387 e. The van der Waals surface area contributed by atoms with E-state index in [4.69, 9.17) is 4.74 Å². The number of fused-ring (bicyclic) bond motifs is 1. The Kier molecular flexibility index (Phi) is 5.62. The molecule has 9 heteroatoms. The van der Waals surface area contributed by atoms with Gasteiger partial charge in [0.1, 0.15) is 6.54 Å². The first kappa shape index (κ1) is 19.4. The molecule has 2 aromatic carbocycles. The van der Waals surface area contributed by atoms with Crippen LogP contribution in [0.2, 0.25) is 0 Å². The maximum atomic E-state index is 12.6. The van der Waals surface area contributed by atoms with Crippen LogP contribution in [0.3, 0.4) is 0 Å². The van der Waals surface area contributed by atoms with E-state index in [1.165, 1.54) is 29.9 Å². The van der Waals surface area contributed by atoms with Crippen LogP contribution in [0.15, 0.2) is 47.3 Å². The monoisotopic (exact) mass is 391 g/mol. The highest BCUT2D eigenvalue weighted by molar-refractivity contribution is 5.92. The summed E-state index contributed by atoms with van der Waals surface area (Å²) in [7, 11) is 1.32. The molecule has 0 saturated carbocycles. The fourth-order valence-electron chi connectivity index (χ4n) is 3.02. The average molecular weight is 391 g/mol. The summed E-state index contributed by atoms with van der Waals surface area (Å²) in [5.74, 6) is -0.565. The molecule has 1 amide bonds. The Balaban J connectivity index is 1.85. The fourth-order valence-corrected chi connectivity index (χ4v) is 3.02. The maximum absolute atomic E-state index is 12.6. The van der Waals surface area contributed by atoms with Crippen molar-refractivity contribution in [2.75, 3.05) is 12.4 Å². The van der Waals surface area contributed by atoms with E-state index in [1.807, 2.05) is 19.1 Å². The Morgan fingerprint density at radius 3 is 2.39 bits per heavy atom. The number of imidazole rings is 1. The van der Waals surface area contributed by atoms with Gasteiger partial charge in [0.05, 0.1) is 18.1 Å². The minimum atomic E-state index is -3.03. The van der Waals surface area contributed by atoms with E-state index in [1.54, 1.807) is 16.7 Å². The number of benzene rings is 2. The first-order valence-corrected chi connectivity index (χ1v) is 8.55. The van der Waals surface area contributed by atoms with Crippen LogP contribution in [-0.4, -0.2) is 28.8 Å². The highest BCUT2D eigenvalue weighted by Gasteiger charge is 2.16.